The topological polar surface area (TPSA) is 55.1 Å². The highest BCUT2D eigenvalue weighted by atomic mass is 35.5. The second-order valence-electron chi connectivity index (χ2n) is 4.90. The maximum absolute atomic E-state index is 12.4. The molecule has 0 bridgehead atoms. The predicted octanol–water partition coefficient (Wildman–Crippen LogP) is 3.57. The van der Waals surface area contributed by atoms with Crippen molar-refractivity contribution in [3.8, 4) is 22.7 Å². The highest BCUT2D eigenvalue weighted by Crippen LogP contribution is 2.24. The van der Waals surface area contributed by atoms with E-state index in [-0.39, 0.29) is 5.75 Å². The van der Waals surface area contributed by atoms with Crippen LogP contribution < -0.4 is 5.69 Å². The normalized spacial score (nSPS) is 10.6. The van der Waals surface area contributed by atoms with Crippen LogP contribution in [0.25, 0.3) is 16.9 Å². The minimum atomic E-state index is -0.448. The van der Waals surface area contributed by atoms with Crippen LogP contribution in [0.5, 0.6) is 5.75 Å². The van der Waals surface area contributed by atoms with Gasteiger partial charge < -0.3 is 5.11 Å². The lowest BCUT2D eigenvalue weighted by Gasteiger charge is -2.12. The molecular formula is C17H13ClN2O2. The van der Waals surface area contributed by atoms with Crippen molar-refractivity contribution < 1.29 is 5.11 Å². The summed E-state index contributed by atoms with van der Waals surface area (Å²) in [7, 11) is 0. The van der Waals surface area contributed by atoms with Gasteiger partial charge in [0, 0.05) is 16.3 Å². The van der Waals surface area contributed by atoms with Crippen molar-refractivity contribution >= 4 is 11.6 Å². The van der Waals surface area contributed by atoms with Gasteiger partial charge in [-0.05, 0) is 37.3 Å². The fourth-order valence-electron chi connectivity index (χ4n) is 2.34. The van der Waals surface area contributed by atoms with Crippen LogP contribution in [0.15, 0.2) is 59.4 Å². The van der Waals surface area contributed by atoms with Gasteiger partial charge in [-0.15, -0.1) is 0 Å². The number of phenolic OH excluding ortho intramolecular Hbond substituents is 1. The summed E-state index contributed by atoms with van der Waals surface area (Å²) in [5.41, 5.74) is 1.97. The van der Waals surface area contributed by atoms with E-state index in [1.807, 2.05) is 12.1 Å². The van der Waals surface area contributed by atoms with Crippen molar-refractivity contribution in [2.24, 2.45) is 0 Å². The van der Waals surface area contributed by atoms with Gasteiger partial charge in [-0.2, -0.15) is 4.98 Å². The number of para-hydroxylation sites is 2. The molecule has 2 aromatic carbocycles. The smallest absolute Gasteiger partial charge is 0.353 e. The minimum absolute atomic E-state index is 0.0324. The molecule has 5 heteroatoms. The van der Waals surface area contributed by atoms with Crippen LogP contribution in [0.3, 0.4) is 0 Å². The standard InChI is InChI=1S/C17H13ClN2O2/c1-11-9-14(12-5-4-6-13(18)10-12)19-17(22)20(11)15-7-2-3-8-16(15)21/h2-10,21H,1H3. The average Bonchev–Trinajstić information content (AvgIpc) is 2.48. The Kier molecular flexibility index (Phi) is 3.69. The molecular weight excluding hydrogens is 300 g/mol. The van der Waals surface area contributed by atoms with E-state index in [1.54, 1.807) is 43.3 Å². The van der Waals surface area contributed by atoms with Crippen molar-refractivity contribution in [1.29, 1.82) is 0 Å². The zero-order chi connectivity index (χ0) is 15.7. The summed E-state index contributed by atoms with van der Waals surface area (Å²) in [6, 6.07) is 15.6. The minimum Gasteiger partial charge on any atom is -0.506 e. The summed E-state index contributed by atoms with van der Waals surface area (Å²) in [4.78, 5) is 16.5. The Balaban J connectivity index is 2.18. The third-order valence-corrected chi connectivity index (χ3v) is 3.58. The van der Waals surface area contributed by atoms with Crippen LogP contribution in [-0.4, -0.2) is 14.7 Å². The van der Waals surface area contributed by atoms with E-state index >= 15 is 0 Å². The highest BCUT2D eigenvalue weighted by molar-refractivity contribution is 6.30. The first-order valence-corrected chi connectivity index (χ1v) is 7.09. The molecule has 0 saturated heterocycles. The zero-order valence-electron chi connectivity index (χ0n) is 11.8. The molecule has 0 atom stereocenters. The number of nitrogens with zero attached hydrogens (tertiary/aromatic N) is 2. The molecule has 110 valence electrons. The number of rotatable bonds is 2. The van der Waals surface area contributed by atoms with Gasteiger partial charge in [0.15, 0.2) is 0 Å². The molecule has 3 rings (SSSR count). The molecule has 22 heavy (non-hydrogen) atoms. The number of halogens is 1. The second-order valence-corrected chi connectivity index (χ2v) is 5.34. The van der Waals surface area contributed by atoms with Crippen molar-refractivity contribution in [2.75, 3.05) is 0 Å². The summed E-state index contributed by atoms with van der Waals surface area (Å²) in [6.45, 7) is 1.80. The van der Waals surface area contributed by atoms with Crippen LogP contribution in [0.2, 0.25) is 5.02 Å². The molecule has 0 amide bonds. The van der Waals surface area contributed by atoms with Crippen LogP contribution in [0, 0.1) is 6.92 Å². The number of benzene rings is 2. The molecule has 4 nitrogen and oxygen atoms in total. The van der Waals surface area contributed by atoms with E-state index in [1.165, 1.54) is 10.6 Å². The number of aryl methyl sites for hydroxylation is 1. The Morgan fingerprint density at radius 3 is 2.55 bits per heavy atom. The molecule has 1 N–H and O–H groups in total. The van der Waals surface area contributed by atoms with Crippen LogP contribution in [-0.2, 0) is 0 Å². The molecule has 1 heterocycles. The maximum atomic E-state index is 12.4. The lowest BCUT2D eigenvalue weighted by molar-refractivity contribution is 0.471. The van der Waals surface area contributed by atoms with Gasteiger partial charge in [0.25, 0.3) is 0 Å². The quantitative estimate of drug-likeness (QED) is 0.787. The molecule has 1 aromatic heterocycles. The molecule has 0 saturated carbocycles. The largest absolute Gasteiger partial charge is 0.506 e. The Bertz CT molecular complexity index is 903. The molecule has 0 unspecified atom stereocenters. The molecule has 0 radical (unpaired) electrons. The van der Waals surface area contributed by atoms with Crippen LogP contribution in [0.1, 0.15) is 5.69 Å². The van der Waals surface area contributed by atoms with Crippen molar-refractivity contribution in [2.45, 2.75) is 6.92 Å². The Labute approximate surface area is 132 Å². The second kappa shape index (κ2) is 5.66. The average molecular weight is 313 g/mol. The molecule has 0 aliphatic heterocycles. The Hall–Kier alpha value is -2.59. The summed E-state index contributed by atoms with van der Waals surface area (Å²) in [5, 5.41) is 10.5. The monoisotopic (exact) mass is 312 g/mol. The van der Waals surface area contributed by atoms with E-state index in [9.17, 15) is 9.90 Å². The number of hydrogen-bond donors (Lipinski definition) is 1. The molecule has 0 aliphatic rings. The van der Waals surface area contributed by atoms with Crippen molar-refractivity contribution in [1.82, 2.24) is 9.55 Å². The molecule has 0 fully saturated rings. The van der Waals surface area contributed by atoms with Gasteiger partial charge in [-0.3, -0.25) is 4.57 Å². The fraction of sp³-hybridized carbons (Fsp3) is 0.0588. The van der Waals surface area contributed by atoms with E-state index in [2.05, 4.69) is 4.98 Å². The van der Waals surface area contributed by atoms with Gasteiger partial charge in [0.1, 0.15) is 5.75 Å². The lowest BCUT2D eigenvalue weighted by atomic mass is 10.1. The number of aromatic hydroxyl groups is 1. The Morgan fingerprint density at radius 2 is 1.86 bits per heavy atom. The molecule has 3 aromatic rings. The van der Waals surface area contributed by atoms with Gasteiger partial charge in [0.2, 0.25) is 0 Å². The molecule has 0 spiro atoms. The zero-order valence-corrected chi connectivity index (χ0v) is 12.6. The van der Waals surface area contributed by atoms with Crippen LogP contribution in [0.4, 0.5) is 0 Å². The lowest BCUT2D eigenvalue weighted by Crippen LogP contribution is -2.23. The van der Waals surface area contributed by atoms with Crippen molar-refractivity contribution in [3.63, 3.8) is 0 Å². The molecule has 0 aliphatic carbocycles. The van der Waals surface area contributed by atoms with E-state index in [4.69, 9.17) is 11.6 Å². The maximum Gasteiger partial charge on any atom is 0.353 e. The summed E-state index contributed by atoms with van der Waals surface area (Å²) in [5.74, 6) is 0.0324. The Morgan fingerprint density at radius 1 is 1.09 bits per heavy atom. The van der Waals surface area contributed by atoms with Gasteiger partial charge >= 0.3 is 5.69 Å². The van der Waals surface area contributed by atoms with Crippen molar-refractivity contribution in [3.05, 3.63) is 75.8 Å². The SMILES string of the molecule is Cc1cc(-c2cccc(Cl)c2)nc(=O)n1-c1ccccc1O. The van der Waals surface area contributed by atoms with Gasteiger partial charge in [0.05, 0.1) is 11.4 Å². The van der Waals surface area contributed by atoms with E-state index < -0.39 is 5.69 Å². The number of aromatic nitrogens is 2. The summed E-state index contributed by atoms with van der Waals surface area (Å²) >= 11 is 5.98. The number of hydrogen-bond acceptors (Lipinski definition) is 3. The summed E-state index contributed by atoms with van der Waals surface area (Å²) in [6.07, 6.45) is 0. The third kappa shape index (κ3) is 2.61. The fourth-order valence-corrected chi connectivity index (χ4v) is 2.53. The highest BCUT2D eigenvalue weighted by Gasteiger charge is 2.11. The van der Waals surface area contributed by atoms with Gasteiger partial charge in [-0.25, -0.2) is 4.79 Å². The van der Waals surface area contributed by atoms with Gasteiger partial charge in [-0.1, -0.05) is 35.9 Å². The van der Waals surface area contributed by atoms with E-state index in [0.29, 0.717) is 22.1 Å². The third-order valence-electron chi connectivity index (χ3n) is 3.35. The van der Waals surface area contributed by atoms with Crippen LogP contribution >= 0.6 is 11.6 Å². The number of phenols is 1. The predicted molar refractivity (Wildman–Crippen MR) is 86.7 cm³/mol. The first-order valence-electron chi connectivity index (χ1n) is 6.71. The summed E-state index contributed by atoms with van der Waals surface area (Å²) < 4.78 is 1.38. The van der Waals surface area contributed by atoms with E-state index in [0.717, 1.165) is 5.56 Å². The first kappa shape index (κ1) is 14.4. The first-order chi connectivity index (χ1) is 10.6.